The number of alkyl halides is 2. The Kier molecular flexibility index (Phi) is 5.53. The second-order valence-electron chi connectivity index (χ2n) is 4.68. The molecule has 0 aliphatic heterocycles. The van der Waals surface area contributed by atoms with Crippen molar-refractivity contribution in [1.29, 1.82) is 0 Å². The summed E-state index contributed by atoms with van der Waals surface area (Å²) in [5, 5.41) is 4.07. The summed E-state index contributed by atoms with van der Waals surface area (Å²) in [7, 11) is 0. The average molecular weight is 312 g/mol. The third-order valence-electron chi connectivity index (χ3n) is 3.13. The first-order valence-electron chi connectivity index (χ1n) is 6.57. The van der Waals surface area contributed by atoms with Crippen molar-refractivity contribution in [2.75, 3.05) is 0 Å². The lowest BCUT2D eigenvalue weighted by atomic mass is 10.1. The van der Waals surface area contributed by atoms with Crippen LogP contribution < -0.4 is 10.1 Å². The van der Waals surface area contributed by atoms with E-state index in [1.165, 1.54) is 12.1 Å². The standard InChI is InChI=1S/C16H16ClF2NO/c1-11(13-4-6-14(17)7-5-13)20-10-12-2-8-15(9-3-12)21-16(18)19/h2-9,11,16,20H,10H2,1H3. The zero-order valence-electron chi connectivity index (χ0n) is 11.5. The van der Waals surface area contributed by atoms with Crippen molar-refractivity contribution >= 4 is 11.6 Å². The molecule has 0 aliphatic rings. The van der Waals surface area contributed by atoms with Crippen LogP contribution in [0.25, 0.3) is 0 Å². The summed E-state index contributed by atoms with van der Waals surface area (Å²) in [6, 6.07) is 14.4. The molecule has 2 aromatic carbocycles. The Morgan fingerprint density at radius 3 is 2.24 bits per heavy atom. The second-order valence-corrected chi connectivity index (χ2v) is 5.11. The zero-order chi connectivity index (χ0) is 15.2. The number of rotatable bonds is 6. The van der Waals surface area contributed by atoms with E-state index in [0.29, 0.717) is 11.6 Å². The maximum Gasteiger partial charge on any atom is 0.387 e. The quantitative estimate of drug-likeness (QED) is 0.828. The highest BCUT2D eigenvalue weighted by atomic mass is 35.5. The fourth-order valence-electron chi connectivity index (χ4n) is 1.93. The van der Waals surface area contributed by atoms with E-state index < -0.39 is 6.61 Å². The minimum atomic E-state index is -2.79. The van der Waals surface area contributed by atoms with Crippen molar-refractivity contribution in [2.24, 2.45) is 0 Å². The summed E-state index contributed by atoms with van der Waals surface area (Å²) < 4.78 is 28.4. The Labute approximate surface area is 127 Å². The highest BCUT2D eigenvalue weighted by Gasteiger charge is 2.06. The van der Waals surface area contributed by atoms with Gasteiger partial charge in [-0.1, -0.05) is 35.9 Å². The second kappa shape index (κ2) is 7.38. The predicted molar refractivity (Wildman–Crippen MR) is 79.8 cm³/mol. The number of ether oxygens (including phenoxy) is 1. The van der Waals surface area contributed by atoms with Crippen LogP contribution in [-0.2, 0) is 6.54 Å². The molecular weight excluding hydrogens is 296 g/mol. The molecule has 2 aromatic rings. The first-order chi connectivity index (χ1) is 10.0. The van der Waals surface area contributed by atoms with E-state index >= 15 is 0 Å². The third-order valence-corrected chi connectivity index (χ3v) is 3.38. The monoisotopic (exact) mass is 311 g/mol. The summed E-state index contributed by atoms with van der Waals surface area (Å²) in [6.45, 7) is -0.102. The lowest BCUT2D eigenvalue weighted by Crippen LogP contribution is -2.17. The Hall–Kier alpha value is -1.65. The summed E-state index contributed by atoms with van der Waals surface area (Å²) in [5.41, 5.74) is 2.13. The summed E-state index contributed by atoms with van der Waals surface area (Å²) in [4.78, 5) is 0. The molecule has 0 heterocycles. The first kappa shape index (κ1) is 15.7. The predicted octanol–water partition coefficient (Wildman–Crippen LogP) is 4.79. The van der Waals surface area contributed by atoms with E-state index in [-0.39, 0.29) is 11.8 Å². The molecule has 0 spiro atoms. The van der Waals surface area contributed by atoms with Gasteiger partial charge in [-0.05, 0) is 42.3 Å². The van der Waals surface area contributed by atoms with Gasteiger partial charge in [0, 0.05) is 17.6 Å². The van der Waals surface area contributed by atoms with E-state index in [1.54, 1.807) is 12.1 Å². The van der Waals surface area contributed by atoms with Crippen molar-refractivity contribution in [1.82, 2.24) is 5.32 Å². The zero-order valence-corrected chi connectivity index (χ0v) is 12.3. The molecule has 2 nitrogen and oxygen atoms in total. The molecule has 0 bridgehead atoms. The van der Waals surface area contributed by atoms with Crippen LogP contribution >= 0.6 is 11.6 Å². The fraction of sp³-hybridized carbons (Fsp3) is 0.250. The highest BCUT2D eigenvalue weighted by Crippen LogP contribution is 2.18. The molecule has 0 amide bonds. The van der Waals surface area contributed by atoms with E-state index in [2.05, 4.69) is 17.0 Å². The normalized spacial score (nSPS) is 12.4. The van der Waals surface area contributed by atoms with Crippen molar-refractivity contribution in [3.8, 4) is 5.75 Å². The van der Waals surface area contributed by atoms with Gasteiger partial charge in [0.1, 0.15) is 5.75 Å². The van der Waals surface area contributed by atoms with Crippen LogP contribution in [0, 0.1) is 0 Å². The van der Waals surface area contributed by atoms with Crippen LogP contribution in [0.15, 0.2) is 48.5 Å². The molecule has 21 heavy (non-hydrogen) atoms. The molecule has 1 atom stereocenters. The summed E-state index contributed by atoms with van der Waals surface area (Å²) in [6.07, 6.45) is 0. The molecular formula is C16H16ClF2NO. The van der Waals surface area contributed by atoms with Gasteiger partial charge in [-0.15, -0.1) is 0 Å². The van der Waals surface area contributed by atoms with E-state index in [0.717, 1.165) is 11.1 Å². The van der Waals surface area contributed by atoms with Crippen LogP contribution in [0.5, 0.6) is 5.75 Å². The molecule has 0 saturated heterocycles. The summed E-state index contributed by atoms with van der Waals surface area (Å²) >= 11 is 5.85. The van der Waals surface area contributed by atoms with Crippen LogP contribution in [-0.4, -0.2) is 6.61 Å². The van der Waals surface area contributed by atoms with Crippen molar-refractivity contribution in [3.05, 3.63) is 64.7 Å². The first-order valence-corrected chi connectivity index (χ1v) is 6.95. The van der Waals surface area contributed by atoms with E-state index in [1.807, 2.05) is 24.3 Å². The van der Waals surface area contributed by atoms with Gasteiger partial charge in [0.15, 0.2) is 0 Å². The average Bonchev–Trinajstić information content (AvgIpc) is 2.46. The topological polar surface area (TPSA) is 21.3 Å². The van der Waals surface area contributed by atoms with Crippen LogP contribution in [0.1, 0.15) is 24.1 Å². The molecule has 0 saturated carbocycles. The van der Waals surface area contributed by atoms with Gasteiger partial charge in [-0.2, -0.15) is 8.78 Å². The highest BCUT2D eigenvalue weighted by molar-refractivity contribution is 6.30. The largest absolute Gasteiger partial charge is 0.435 e. The molecule has 1 unspecified atom stereocenters. The Morgan fingerprint density at radius 2 is 1.67 bits per heavy atom. The van der Waals surface area contributed by atoms with E-state index in [9.17, 15) is 8.78 Å². The molecule has 0 radical (unpaired) electrons. The number of benzene rings is 2. The maximum atomic E-state index is 12.0. The molecule has 0 fully saturated rings. The smallest absolute Gasteiger partial charge is 0.387 e. The van der Waals surface area contributed by atoms with Gasteiger partial charge in [0.25, 0.3) is 0 Å². The van der Waals surface area contributed by atoms with Crippen LogP contribution in [0.2, 0.25) is 5.02 Å². The number of hydrogen-bond acceptors (Lipinski definition) is 2. The third kappa shape index (κ3) is 4.99. The van der Waals surface area contributed by atoms with Gasteiger partial charge in [-0.25, -0.2) is 0 Å². The Balaban J connectivity index is 1.88. The SMILES string of the molecule is CC(NCc1ccc(OC(F)F)cc1)c1ccc(Cl)cc1. The minimum Gasteiger partial charge on any atom is -0.435 e. The van der Waals surface area contributed by atoms with Crippen molar-refractivity contribution in [2.45, 2.75) is 26.1 Å². The molecule has 5 heteroatoms. The maximum absolute atomic E-state index is 12.0. The van der Waals surface area contributed by atoms with Crippen LogP contribution in [0.3, 0.4) is 0 Å². The molecule has 1 N–H and O–H groups in total. The lowest BCUT2D eigenvalue weighted by molar-refractivity contribution is -0.0498. The minimum absolute atomic E-state index is 0.166. The number of hydrogen-bond donors (Lipinski definition) is 1. The fourth-order valence-corrected chi connectivity index (χ4v) is 2.05. The van der Waals surface area contributed by atoms with Crippen molar-refractivity contribution in [3.63, 3.8) is 0 Å². The van der Waals surface area contributed by atoms with Gasteiger partial charge >= 0.3 is 6.61 Å². The number of nitrogens with one attached hydrogen (secondary N) is 1. The van der Waals surface area contributed by atoms with Gasteiger partial charge in [0.2, 0.25) is 0 Å². The van der Waals surface area contributed by atoms with Gasteiger partial charge in [-0.3, -0.25) is 0 Å². The van der Waals surface area contributed by atoms with Gasteiger partial charge in [0.05, 0.1) is 0 Å². The Morgan fingerprint density at radius 1 is 1.05 bits per heavy atom. The lowest BCUT2D eigenvalue weighted by Gasteiger charge is -2.14. The molecule has 0 aliphatic carbocycles. The van der Waals surface area contributed by atoms with Crippen LogP contribution in [0.4, 0.5) is 8.78 Å². The molecule has 2 rings (SSSR count). The number of halogens is 3. The molecule has 0 aromatic heterocycles. The summed E-state index contributed by atoms with van der Waals surface area (Å²) in [5.74, 6) is 0.166. The van der Waals surface area contributed by atoms with Gasteiger partial charge < -0.3 is 10.1 Å². The van der Waals surface area contributed by atoms with E-state index in [4.69, 9.17) is 11.6 Å². The Bertz CT molecular complexity index is 557. The van der Waals surface area contributed by atoms with Crippen molar-refractivity contribution < 1.29 is 13.5 Å². The molecule has 112 valence electrons.